The average Bonchev–Trinajstić information content (AvgIpc) is 2.10. The van der Waals surface area contributed by atoms with E-state index in [-0.39, 0.29) is 0 Å². The second-order valence-corrected chi connectivity index (χ2v) is 5.32. The van der Waals surface area contributed by atoms with Crippen LogP contribution in [0.1, 0.15) is 0 Å². The lowest BCUT2D eigenvalue weighted by atomic mass is 10.2. The van der Waals surface area contributed by atoms with Crippen molar-refractivity contribution in [3.63, 3.8) is 0 Å². The summed E-state index contributed by atoms with van der Waals surface area (Å²) in [6, 6.07) is 4.05. The van der Waals surface area contributed by atoms with Crippen LogP contribution < -0.4 is 11.5 Å². The summed E-state index contributed by atoms with van der Waals surface area (Å²) in [7, 11) is 0. The van der Waals surface area contributed by atoms with Gasteiger partial charge in [0.05, 0.1) is 23.1 Å². The molecular weight excluding hydrogens is 404 g/mol. The summed E-state index contributed by atoms with van der Waals surface area (Å²) in [5.41, 5.74) is 13.7. The number of anilines is 2. The van der Waals surface area contributed by atoms with Crippen LogP contribution in [-0.2, 0) is 0 Å². The number of hydrogen-bond acceptors (Lipinski definition) is 3. The maximum atomic E-state index is 5.90. The van der Waals surface area contributed by atoms with Crippen molar-refractivity contribution in [2.24, 2.45) is 0 Å². The summed E-state index contributed by atoms with van der Waals surface area (Å²) in [5.74, 6) is 0. The van der Waals surface area contributed by atoms with Gasteiger partial charge in [0.2, 0.25) is 0 Å². The summed E-state index contributed by atoms with van der Waals surface area (Å²) in [6.45, 7) is 0. The Morgan fingerprint density at radius 1 is 1.14 bits per heavy atom. The zero-order valence-corrected chi connectivity index (χ0v) is 11.4. The smallest absolute Gasteiger partial charge is 0.0745 e. The number of nitrogen functional groups attached to an aromatic ring is 2. The van der Waals surface area contributed by atoms with Crippen molar-refractivity contribution in [2.45, 2.75) is 0 Å². The molecule has 0 aliphatic carbocycles. The summed E-state index contributed by atoms with van der Waals surface area (Å²) in [4.78, 5) is 4.25. The van der Waals surface area contributed by atoms with Gasteiger partial charge in [0.25, 0.3) is 0 Å². The highest BCUT2D eigenvalue weighted by Gasteiger charge is 2.07. The van der Waals surface area contributed by atoms with Crippen LogP contribution in [0, 0.1) is 7.14 Å². The maximum absolute atomic E-state index is 5.90. The number of halogens is 2. The molecule has 0 spiro atoms. The fourth-order valence-electron chi connectivity index (χ4n) is 1.28. The Bertz CT molecular complexity index is 511. The van der Waals surface area contributed by atoms with Crippen molar-refractivity contribution < 1.29 is 0 Å². The minimum absolute atomic E-state index is 0.539. The van der Waals surface area contributed by atoms with Crippen molar-refractivity contribution in [2.75, 3.05) is 11.5 Å². The van der Waals surface area contributed by atoms with Gasteiger partial charge >= 0.3 is 0 Å². The molecule has 2 aromatic rings. The molecule has 2 rings (SSSR count). The molecule has 1 heterocycles. The molecule has 0 unspecified atom stereocenters. The molecule has 3 nitrogen and oxygen atoms in total. The van der Waals surface area contributed by atoms with E-state index in [1.165, 1.54) is 0 Å². The maximum Gasteiger partial charge on any atom is 0.0745 e. The number of hydrogen-bond donors (Lipinski definition) is 2. The first kappa shape index (κ1) is 10.2. The molecule has 0 amide bonds. The van der Waals surface area contributed by atoms with Crippen LogP contribution in [0.15, 0.2) is 18.3 Å². The fraction of sp³-hybridized carbons (Fsp3) is 0. The minimum atomic E-state index is 0.539. The molecule has 1 aromatic carbocycles. The van der Waals surface area contributed by atoms with E-state index in [4.69, 9.17) is 11.5 Å². The molecule has 0 saturated carbocycles. The van der Waals surface area contributed by atoms with E-state index in [9.17, 15) is 0 Å². The number of pyridine rings is 1. The van der Waals surface area contributed by atoms with Gasteiger partial charge < -0.3 is 11.5 Å². The first-order chi connectivity index (χ1) is 6.59. The lowest BCUT2D eigenvalue weighted by Crippen LogP contribution is -1.98. The van der Waals surface area contributed by atoms with Gasteiger partial charge in [-0.3, -0.25) is 4.98 Å². The number of fused-ring (bicyclic) bond motifs is 1. The summed E-state index contributed by atoms with van der Waals surface area (Å²) >= 11 is 4.50. The van der Waals surface area contributed by atoms with E-state index in [2.05, 4.69) is 56.2 Å². The topological polar surface area (TPSA) is 64.9 Å². The van der Waals surface area contributed by atoms with Crippen molar-refractivity contribution in [1.82, 2.24) is 4.98 Å². The van der Waals surface area contributed by atoms with Crippen LogP contribution in [0.3, 0.4) is 0 Å². The Morgan fingerprint density at radius 2 is 1.86 bits per heavy atom. The molecule has 14 heavy (non-hydrogen) atoms. The second-order valence-electron chi connectivity index (χ2n) is 2.91. The fourth-order valence-corrected chi connectivity index (χ4v) is 3.39. The Labute approximate surface area is 109 Å². The third kappa shape index (κ3) is 1.62. The molecule has 0 fully saturated rings. The highest BCUT2D eigenvalue weighted by molar-refractivity contribution is 14.1. The van der Waals surface area contributed by atoms with Crippen molar-refractivity contribution >= 4 is 67.5 Å². The predicted octanol–water partition coefficient (Wildman–Crippen LogP) is 2.61. The average molecular weight is 411 g/mol. The van der Waals surface area contributed by atoms with E-state index in [0.29, 0.717) is 11.4 Å². The highest BCUT2D eigenvalue weighted by Crippen LogP contribution is 2.30. The monoisotopic (exact) mass is 411 g/mol. The number of aromatic nitrogens is 1. The Balaban J connectivity index is 2.95. The second kappa shape index (κ2) is 3.69. The number of rotatable bonds is 0. The molecule has 0 radical (unpaired) electrons. The molecule has 0 saturated heterocycles. The normalized spacial score (nSPS) is 10.7. The van der Waals surface area contributed by atoms with Gasteiger partial charge in [-0.05, 0) is 57.3 Å². The molecule has 0 atom stereocenters. The predicted molar refractivity (Wildman–Crippen MR) is 76.0 cm³/mol. The Morgan fingerprint density at radius 3 is 2.57 bits per heavy atom. The molecule has 0 aliphatic heterocycles. The lowest BCUT2D eigenvalue weighted by Gasteiger charge is -2.06. The van der Waals surface area contributed by atoms with E-state index in [1.807, 2.05) is 6.07 Å². The molecule has 5 heteroatoms. The van der Waals surface area contributed by atoms with E-state index < -0.39 is 0 Å². The Kier molecular flexibility index (Phi) is 2.69. The highest BCUT2D eigenvalue weighted by atomic mass is 127. The van der Waals surface area contributed by atoms with Crippen LogP contribution in [0.2, 0.25) is 0 Å². The van der Waals surface area contributed by atoms with E-state index in [1.54, 1.807) is 6.20 Å². The largest absolute Gasteiger partial charge is 0.396 e. The molecule has 4 N–H and O–H groups in total. The molecule has 72 valence electrons. The Hall–Kier alpha value is -0.310. The van der Waals surface area contributed by atoms with Crippen molar-refractivity contribution in [3.8, 4) is 0 Å². The van der Waals surface area contributed by atoms with Gasteiger partial charge in [-0.25, -0.2) is 0 Å². The molecular formula is C9H7I2N3. The first-order valence-electron chi connectivity index (χ1n) is 3.88. The third-order valence-electron chi connectivity index (χ3n) is 1.96. The van der Waals surface area contributed by atoms with Crippen molar-refractivity contribution in [1.29, 1.82) is 0 Å². The first-order valence-corrected chi connectivity index (χ1v) is 6.04. The van der Waals surface area contributed by atoms with Crippen LogP contribution in [-0.4, -0.2) is 4.98 Å². The quantitative estimate of drug-likeness (QED) is 0.656. The van der Waals surface area contributed by atoms with Gasteiger partial charge in [0.1, 0.15) is 0 Å². The number of nitrogens with two attached hydrogens (primary N) is 2. The third-order valence-corrected chi connectivity index (χ3v) is 3.43. The van der Waals surface area contributed by atoms with E-state index >= 15 is 0 Å². The standard InChI is InChI=1S/C9H7I2N3/c10-4-1-5(11)8-7(2-4)14-3-6(12)9(8)13/h1-3H,12H2,(H2,13,14). The van der Waals surface area contributed by atoms with Crippen molar-refractivity contribution in [3.05, 3.63) is 25.5 Å². The van der Waals surface area contributed by atoms with Gasteiger partial charge in [-0.2, -0.15) is 0 Å². The zero-order valence-electron chi connectivity index (χ0n) is 7.09. The summed E-state index contributed by atoms with van der Waals surface area (Å²) < 4.78 is 2.23. The molecule has 0 aliphatic rings. The van der Waals surface area contributed by atoms with Gasteiger partial charge in [0.15, 0.2) is 0 Å². The van der Waals surface area contributed by atoms with E-state index in [0.717, 1.165) is 18.0 Å². The van der Waals surface area contributed by atoms with Crippen LogP contribution in [0.4, 0.5) is 11.4 Å². The number of nitrogens with zero attached hydrogens (tertiary/aromatic N) is 1. The summed E-state index contributed by atoms with van der Waals surface area (Å²) in [5, 5.41) is 0.950. The number of benzene rings is 1. The summed E-state index contributed by atoms with van der Waals surface area (Å²) in [6.07, 6.45) is 1.60. The SMILES string of the molecule is Nc1cnc2cc(I)cc(I)c2c1N. The van der Waals surface area contributed by atoms with Crippen LogP contribution >= 0.6 is 45.2 Å². The van der Waals surface area contributed by atoms with Crippen LogP contribution in [0.25, 0.3) is 10.9 Å². The van der Waals surface area contributed by atoms with Gasteiger partial charge in [-0.15, -0.1) is 0 Å². The minimum Gasteiger partial charge on any atom is -0.396 e. The molecule has 1 aromatic heterocycles. The van der Waals surface area contributed by atoms with Gasteiger partial charge in [-0.1, -0.05) is 0 Å². The van der Waals surface area contributed by atoms with Gasteiger partial charge in [0, 0.05) is 12.5 Å². The lowest BCUT2D eigenvalue weighted by molar-refractivity contribution is 1.40. The van der Waals surface area contributed by atoms with Crippen LogP contribution in [0.5, 0.6) is 0 Å². The zero-order chi connectivity index (χ0) is 10.3. The molecule has 0 bridgehead atoms.